The van der Waals surface area contributed by atoms with E-state index in [0.717, 1.165) is 53.6 Å². The topological polar surface area (TPSA) is 86.0 Å². The Balaban J connectivity index is 1.98. The highest BCUT2D eigenvalue weighted by Gasteiger charge is 2.20. The van der Waals surface area contributed by atoms with Gasteiger partial charge in [0.25, 0.3) is 5.56 Å². The molecule has 8 heteroatoms. The molecule has 0 aliphatic heterocycles. The van der Waals surface area contributed by atoms with Gasteiger partial charge in [0.15, 0.2) is 0 Å². The van der Waals surface area contributed by atoms with Gasteiger partial charge in [-0.3, -0.25) is 18.7 Å². The number of aromatic nitrogens is 3. The molecule has 1 amide bonds. The van der Waals surface area contributed by atoms with Gasteiger partial charge in [-0.05, 0) is 24.8 Å². The minimum atomic E-state index is -0.404. The number of nitrogens with zero attached hydrogens (tertiary/aromatic N) is 3. The molecule has 2 heterocycles. The maximum Gasteiger partial charge on any atom is 0.332 e. The van der Waals surface area contributed by atoms with Crippen molar-refractivity contribution >= 4 is 28.7 Å². The molecule has 0 atom stereocenters. The molecule has 0 unspecified atom stereocenters. The molecule has 1 N–H and O–H groups in total. The molecule has 1 aliphatic carbocycles. The summed E-state index contributed by atoms with van der Waals surface area (Å²) in [5, 5.41) is 3.50. The fourth-order valence-electron chi connectivity index (χ4n) is 3.63. The predicted molar refractivity (Wildman–Crippen MR) is 107 cm³/mol. The predicted octanol–water partition coefficient (Wildman–Crippen LogP) is 1.74. The number of carbonyl (C=O) groups excluding carboxylic acids is 1. The quantitative estimate of drug-likeness (QED) is 0.760. The zero-order valence-corrected chi connectivity index (χ0v) is 16.9. The third-order valence-electron chi connectivity index (χ3n) is 5.08. The van der Waals surface area contributed by atoms with Crippen LogP contribution in [0.1, 0.15) is 44.6 Å². The van der Waals surface area contributed by atoms with Crippen molar-refractivity contribution in [2.45, 2.75) is 56.4 Å². The molecule has 1 saturated carbocycles. The van der Waals surface area contributed by atoms with Crippen molar-refractivity contribution in [1.82, 2.24) is 19.4 Å². The average Bonchev–Trinajstić information content (AvgIpc) is 3.16. The largest absolute Gasteiger partial charge is 0.353 e. The van der Waals surface area contributed by atoms with E-state index < -0.39 is 5.69 Å². The second kappa shape index (κ2) is 8.29. The molecule has 2 aromatic rings. The summed E-state index contributed by atoms with van der Waals surface area (Å²) in [5.41, 5.74) is 0.538. The third-order valence-corrected chi connectivity index (χ3v) is 6.24. The third kappa shape index (κ3) is 3.95. The normalized spacial score (nSPS) is 14.8. The van der Waals surface area contributed by atoms with Crippen LogP contribution in [0.4, 0.5) is 0 Å². The maximum atomic E-state index is 12.8. The van der Waals surface area contributed by atoms with Crippen molar-refractivity contribution in [3.63, 3.8) is 0 Å². The molecule has 0 radical (unpaired) electrons. The average molecular weight is 391 g/mol. The molecule has 27 heavy (non-hydrogen) atoms. The first-order chi connectivity index (χ1) is 12.9. The Morgan fingerprint density at radius 2 is 1.96 bits per heavy atom. The zero-order valence-electron chi connectivity index (χ0n) is 16.1. The van der Waals surface area contributed by atoms with E-state index in [-0.39, 0.29) is 23.3 Å². The first-order valence-corrected chi connectivity index (χ1v) is 10.4. The van der Waals surface area contributed by atoms with Gasteiger partial charge in [0.05, 0.1) is 11.1 Å². The second-order valence-electron chi connectivity index (χ2n) is 7.10. The van der Waals surface area contributed by atoms with Crippen LogP contribution < -0.4 is 16.6 Å². The molecule has 7 nitrogen and oxygen atoms in total. The van der Waals surface area contributed by atoms with Crippen LogP contribution in [0.5, 0.6) is 0 Å². The van der Waals surface area contributed by atoms with E-state index in [4.69, 9.17) is 0 Å². The van der Waals surface area contributed by atoms with Crippen molar-refractivity contribution in [2.75, 3.05) is 5.75 Å². The first kappa shape index (κ1) is 19.7. The van der Waals surface area contributed by atoms with Crippen LogP contribution in [0.25, 0.3) is 11.0 Å². The molecule has 1 fully saturated rings. The molecule has 146 valence electrons. The smallest absolute Gasteiger partial charge is 0.332 e. The molecule has 0 spiro atoms. The molecule has 0 saturated heterocycles. The van der Waals surface area contributed by atoms with E-state index in [0.29, 0.717) is 11.0 Å². The Hall–Kier alpha value is -2.09. The lowest BCUT2D eigenvalue weighted by Crippen LogP contribution is -2.37. The number of rotatable bonds is 6. The summed E-state index contributed by atoms with van der Waals surface area (Å²) >= 11 is 1.36. The molecule has 0 bridgehead atoms. The van der Waals surface area contributed by atoms with E-state index in [1.165, 1.54) is 23.4 Å². The maximum absolute atomic E-state index is 12.8. The second-order valence-corrected chi connectivity index (χ2v) is 8.09. The van der Waals surface area contributed by atoms with E-state index >= 15 is 0 Å². The molecule has 0 aromatic carbocycles. The van der Waals surface area contributed by atoms with Crippen molar-refractivity contribution in [3.05, 3.63) is 32.6 Å². The highest BCUT2D eigenvalue weighted by atomic mass is 32.2. The molecule has 3 rings (SSSR count). The van der Waals surface area contributed by atoms with Crippen molar-refractivity contribution < 1.29 is 4.79 Å². The van der Waals surface area contributed by atoms with Gasteiger partial charge in [0.1, 0.15) is 5.65 Å². The monoisotopic (exact) mass is 390 g/mol. The Bertz CT molecular complexity index is 974. The summed E-state index contributed by atoms with van der Waals surface area (Å²) in [6.07, 6.45) is 7.80. The van der Waals surface area contributed by atoms with Crippen LogP contribution >= 0.6 is 11.8 Å². The van der Waals surface area contributed by atoms with E-state index in [1.54, 1.807) is 13.2 Å². The highest BCUT2D eigenvalue weighted by Crippen LogP contribution is 2.29. The van der Waals surface area contributed by atoms with Gasteiger partial charge < -0.3 is 5.32 Å². The standard InChI is InChI=1S/C19H26N4O3S/c1-4-7-12-10-20-17-15(18(25)23(3)19(26)22(17)2)16(12)27-11-14(24)21-13-8-5-6-9-13/h10,13H,4-9,11H2,1-3H3,(H,21,24). The highest BCUT2D eigenvalue weighted by molar-refractivity contribution is 8.00. The lowest BCUT2D eigenvalue weighted by molar-refractivity contribution is -0.119. The van der Waals surface area contributed by atoms with Crippen LogP contribution in [-0.4, -0.2) is 31.8 Å². The van der Waals surface area contributed by atoms with Gasteiger partial charge >= 0.3 is 5.69 Å². The van der Waals surface area contributed by atoms with Crippen LogP contribution in [0.3, 0.4) is 0 Å². The number of pyridine rings is 1. The Kier molecular flexibility index (Phi) is 6.04. The van der Waals surface area contributed by atoms with Gasteiger partial charge in [-0.25, -0.2) is 9.78 Å². The summed E-state index contributed by atoms with van der Waals surface area (Å²) < 4.78 is 2.48. The SMILES string of the molecule is CCCc1cnc2c(c1SCC(=O)NC1CCCC1)c(=O)n(C)c(=O)n2C. The number of carbonyl (C=O) groups is 1. The fourth-order valence-corrected chi connectivity index (χ4v) is 4.65. The number of hydrogen-bond donors (Lipinski definition) is 1. The Labute approximate surface area is 162 Å². The lowest BCUT2D eigenvalue weighted by atomic mass is 10.1. The fraction of sp³-hybridized carbons (Fsp3) is 0.579. The van der Waals surface area contributed by atoms with E-state index in [2.05, 4.69) is 17.2 Å². The van der Waals surface area contributed by atoms with Crippen LogP contribution in [0.2, 0.25) is 0 Å². The summed E-state index contributed by atoms with van der Waals surface area (Å²) in [7, 11) is 3.08. The minimum Gasteiger partial charge on any atom is -0.353 e. The molecular weight excluding hydrogens is 364 g/mol. The van der Waals surface area contributed by atoms with Crippen LogP contribution in [0, 0.1) is 0 Å². The number of aryl methyl sites for hydroxylation is 2. The Morgan fingerprint density at radius 3 is 2.63 bits per heavy atom. The molecule has 1 aliphatic rings. The van der Waals surface area contributed by atoms with Crippen molar-refractivity contribution in [3.8, 4) is 0 Å². The lowest BCUT2D eigenvalue weighted by Gasteiger charge is -2.15. The number of fused-ring (bicyclic) bond motifs is 1. The first-order valence-electron chi connectivity index (χ1n) is 9.43. The van der Waals surface area contributed by atoms with Gasteiger partial charge in [-0.15, -0.1) is 11.8 Å². The van der Waals surface area contributed by atoms with E-state index in [9.17, 15) is 14.4 Å². The Morgan fingerprint density at radius 1 is 1.26 bits per heavy atom. The molecule has 2 aromatic heterocycles. The van der Waals surface area contributed by atoms with Crippen LogP contribution in [-0.2, 0) is 25.3 Å². The summed E-state index contributed by atoms with van der Waals surface area (Å²) in [6.45, 7) is 2.06. The summed E-state index contributed by atoms with van der Waals surface area (Å²) in [4.78, 5) is 42.5. The number of hydrogen-bond acceptors (Lipinski definition) is 5. The van der Waals surface area contributed by atoms with Crippen LogP contribution in [0.15, 0.2) is 20.7 Å². The number of thioether (sulfide) groups is 1. The van der Waals surface area contributed by atoms with Crippen molar-refractivity contribution in [2.24, 2.45) is 14.1 Å². The minimum absolute atomic E-state index is 0.0130. The van der Waals surface area contributed by atoms with Gasteiger partial charge in [0, 0.05) is 31.2 Å². The summed E-state index contributed by atoms with van der Waals surface area (Å²) in [6, 6.07) is 0.274. The van der Waals surface area contributed by atoms with E-state index in [1.807, 2.05) is 0 Å². The zero-order chi connectivity index (χ0) is 19.6. The van der Waals surface area contributed by atoms with Gasteiger partial charge in [-0.2, -0.15) is 0 Å². The number of nitrogens with one attached hydrogen (secondary N) is 1. The van der Waals surface area contributed by atoms with Gasteiger partial charge in [0.2, 0.25) is 5.91 Å². The number of amides is 1. The van der Waals surface area contributed by atoms with Gasteiger partial charge in [-0.1, -0.05) is 26.2 Å². The van der Waals surface area contributed by atoms with Crippen molar-refractivity contribution in [1.29, 1.82) is 0 Å². The summed E-state index contributed by atoms with van der Waals surface area (Å²) in [5.74, 6) is 0.235. The molecular formula is C19H26N4O3S.